The molecule has 0 aliphatic carbocycles. The number of hydrogen-bond donors (Lipinski definition) is 1. The maximum absolute atomic E-state index is 8.93. The molecule has 5 heteroatoms. The number of likely N-dealkylation sites (tertiary alicyclic amines) is 1. The average Bonchev–Trinajstić information content (AvgIpc) is 2.75. The summed E-state index contributed by atoms with van der Waals surface area (Å²) in [5, 5.41) is 8.93. The van der Waals surface area contributed by atoms with Crippen LogP contribution in [-0.4, -0.2) is 53.2 Å². The van der Waals surface area contributed by atoms with Gasteiger partial charge in [0.1, 0.15) is 0 Å². The van der Waals surface area contributed by atoms with Crippen LogP contribution in [0.15, 0.2) is 12.4 Å². The minimum Gasteiger partial charge on any atom is -0.392 e. The zero-order valence-corrected chi connectivity index (χ0v) is 10.5. The first-order valence-corrected chi connectivity index (χ1v) is 6.04. The standard InChI is InChI=1S/C12H20N4O/c1-15-5-3-4-11(15)8-16(2)12-13-6-10(9-17)7-14-12/h6-7,11,17H,3-5,8-9H2,1-2H3. The van der Waals surface area contributed by atoms with E-state index in [2.05, 4.69) is 26.8 Å². The van der Waals surface area contributed by atoms with E-state index >= 15 is 0 Å². The van der Waals surface area contributed by atoms with Crippen molar-refractivity contribution in [2.45, 2.75) is 25.5 Å². The summed E-state index contributed by atoms with van der Waals surface area (Å²) >= 11 is 0. The highest BCUT2D eigenvalue weighted by molar-refractivity contribution is 5.28. The van der Waals surface area contributed by atoms with E-state index in [9.17, 15) is 0 Å². The molecular weight excluding hydrogens is 216 g/mol. The van der Waals surface area contributed by atoms with Crippen molar-refractivity contribution in [1.29, 1.82) is 0 Å². The lowest BCUT2D eigenvalue weighted by Gasteiger charge is -2.25. The van der Waals surface area contributed by atoms with E-state index in [0.717, 1.165) is 18.1 Å². The molecule has 1 aromatic heterocycles. The molecule has 5 nitrogen and oxygen atoms in total. The Morgan fingerprint density at radius 1 is 1.47 bits per heavy atom. The number of rotatable bonds is 4. The zero-order valence-electron chi connectivity index (χ0n) is 10.5. The predicted octanol–water partition coefficient (Wildman–Crippen LogP) is 0.499. The Hall–Kier alpha value is -1.20. The van der Waals surface area contributed by atoms with Gasteiger partial charge in [-0.25, -0.2) is 9.97 Å². The first-order chi connectivity index (χ1) is 8.20. The molecule has 17 heavy (non-hydrogen) atoms. The molecule has 1 aliphatic heterocycles. The smallest absolute Gasteiger partial charge is 0.225 e. The fourth-order valence-corrected chi connectivity index (χ4v) is 2.23. The Bertz CT molecular complexity index is 354. The van der Waals surface area contributed by atoms with E-state index in [0.29, 0.717) is 6.04 Å². The van der Waals surface area contributed by atoms with Crippen LogP contribution < -0.4 is 4.90 Å². The summed E-state index contributed by atoms with van der Waals surface area (Å²) in [5.74, 6) is 0.725. The van der Waals surface area contributed by atoms with Crippen molar-refractivity contribution in [2.24, 2.45) is 0 Å². The summed E-state index contributed by atoms with van der Waals surface area (Å²) in [6.07, 6.45) is 5.88. The van der Waals surface area contributed by atoms with Crippen molar-refractivity contribution >= 4 is 5.95 Å². The normalized spacial score (nSPS) is 20.8. The summed E-state index contributed by atoms with van der Waals surface area (Å²) in [5.41, 5.74) is 0.750. The van der Waals surface area contributed by atoms with Gasteiger partial charge in [0.15, 0.2) is 0 Å². The zero-order chi connectivity index (χ0) is 12.3. The first kappa shape index (κ1) is 12.3. The third kappa shape index (κ3) is 2.92. The van der Waals surface area contributed by atoms with E-state index in [1.807, 2.05) is 7.05 Å². The van der Waals surface area contributed by atoms with Gasteiger partial charge in [0.05, 0.1) is 6.61 Å². The Kier molecular flexibility index (Phi) is 3.91. The van der Waals surface area contributed by atoms with Crippen LogP contribution in [0.5, 0.6) is 0 Å². The molecule has 0 amide bonds. The monoisotopic (exact) mass is 236 g/mol. The molecule has 1 N–H and O–H groups in total. The molecule has 2 rings (SSSR count). The molecule has 1 aromatic rings. The highest BCUT2D eigenvalue weighted by Gasteiger charge is 2.22. The summed E-state index contributed by atoms with van der Waals surface area (Å²) in [6, 6.07) is 0.598. The lowest BCUT2D eigenvalue weighted by atomic mass is 10.2. The van der Waals surface area contributed by atoms with Gasteiger partial charge in [0.2, 0.25) is 5.95 Å². The third-order valence-corrected chi connectivity index (χ3v) is 3.37. The van der Waals surface area contributed by atoms with E-state index in [-0.39, 0.29) is 6.61 Å². The lowest BCUT2D eigenvalue weighted by molar-refractivity contribution is 0.281. The highest BCUT2D eigenvalue weighted by atomic mass is 16.3. The van der Waals surface area contributed by atoms with E-state index < -0.39 is 0 Å². The summed E-state index contributed by atoms with van der Waals surface area (Å²) in [4.78, 5) is 13.0. The number of likely N-dealkylation sites (N-methyl/N-ethyl adjacent to an activating group) is 2. The van der Waals surface area contributed by atoms with Crippen LogP contribution in [0.3, 0.4) is 0 Å². The fraction of sp³-hybridized carbons (Fsp3) is 0.667. The molecule has 1 saturated heterocycles. The second kappa shape index (κ2) is 5.42. The molecule has 1 aliphatic rings. The van der Waals surface area contributed by atoms with Crippen LogP contribution in [0.25, 0.3) is 0 Å². The van der Waals surface area contributed by atoms with Gasteiger partial charge < -0.3 is 14.9 Å². The molecule has 0 radical (unpaired) electrons. The van der Waals surface area contributed by atoms with Crippen LogP contribution in [0.2, 0.25) is 0 Å². The Balaban J connectivity index is 1.96. The SMILES string of the molecule is CN(CC1CCCN1C)c1ncc(CO)cn1. The Morgan fingerprint density at radius 3 is 2.71 bits per heavy atom. The average molecular weight is 236 g/mol. The van der Waals surface area contributed by atoms with Crippen molar-refractivity contribution in [3.63, 3.8) is 0 Å². The van der Waals surface area contributed by atoms with Crippen LogP contribution in [0.4, 0.5) is 5.95 Å². The fourth-order valence-electron chi connectivity index (χ4n) is 2.23. The molecule has 0 aromatic carbocycles. The number of aromatic nitrogens is 2. The molecule has 0 spiro atoms. The topological polar surface area (TPSA) is 52.5 Å². The van der Waals surface area contributed by atoms with Gasteiger partial charge in [-0.05, 0) is 26.4 Å². The van der Waals surface area contributed by atoms with Crippen molar-refractivity contribution in [1.82, 2.24) is 14.9 Å². The predicted molar refractivity (Wildman–Crippen MR) is 66.9 cm³/mol. The van der Waals surface area contributed by atoms with Crippen molar-refractivity contribution in [3.05, 3.63) is 18.0 Å². The minimum atomic E-state index is -0.00461. The van der Waals surface area contributed by atoms with Gasteiger partial charge in [0, 0.05) is 37.6 Å². The second-order valence-corrected chi connectivity index (χ2v) is 4.71. The Morgan fingerprint density at radius 2 is 2.18 bits per heavy atom. The molecule has 0 saturated carbocycles. The van der Waals surface area contributed by atoms with Gasteiger partial charge in [-0.1, -0.05) is 0 Å². The summed E-state index contributed by atoms with van der Waals surface area (Å²) in [7, 11) is 4.18. The van der Waals surface area contributed by atoms with Crippen molar-refractivity contribution in [3.8, 4) is 0 Å². The van der Waals surface area contributed by atoms with Crippen LogP contribution in [-0.2, 0) is 6.61 Å². The van der Waals surface area contributed by atoms with E-state index in [1.54, 1.807) is 12.4 Å². The third-order valence-electron chi connectivity index (χ3n) is 3.37. The van der Waals surface area contributed by atoms with E-state index in [4.69, 9.17) is 5.11 Å². The highest BCUT2D eigenvalue weighted by Crippen LogP contribution is 2.17. The minimum absolute atomic E-state index is 0.00461. The largest absolute Gasteiger partial charge is 0.392 e. The number of hydrogen-bond acceptors (Lipinski definition) is 5. The molecule has 1 fully saturated rings. The van der Waals surface area contributed by atoms with Crippen LogP contribution >= 0.6 is 0 Å². The maximum atomic E-state index is 8.93. The lowest BCUT2D eigenvalue weighted by Crippen LogP contribution is -2.37. The van der Waals surface area contributed by atoms with Gasteiger partial charge in [0.25, 0.3) is 0 Å². The molecule has 1 atom stereocenters. The van der Waals surface area contributed by atoms with Crippen molar-refractivity contribution in [2.75, 3.05) is 32.1 Å². The van der Waals surface area contributed by atoms with Crippen LogP contribution in [0.1, 0.15) is 18.4 Å². The number of anilines is 1. The van der Waals surface area contributed by atoms with Gasteiger partial charge in [-0.2, -0.15) is 0 Å². The Labute approximate surface area is 102 Å². The van der Waals surface area contributed by atoms with Crippen molar-refractivity contribution < 1.29 is 5.11 Å². The van der Waals surface area contributed by atoms with Gasteiger partial charge >= 0.3 is 0 Å². The molecule has 94 valence electrons. The quantitative estimate of drug-likeness (QED) is 0.825. The first-order valence-electron chi connectivity index (χ1n) is 6.04. The number of aliphatic hydroxyl groups excluding tert-OH is 1. The second-order valence-electron chi connectivity index (χ2n) is 4.71. The molecule has 2 heterocycles. The molecule has 0 bridgehead atoms. The summed E-state index contributed by atoms with van der Waals surface area (Å²) < 4.78 is 0. The molecule has 1 unspecified atom stereocenters. The number of aliphatic hydroxyl groups is 1. The maximum Gasteiger partial charge on any atom is 0.225 e. The van der Waals surface area contributed by atoms with Gasteiger partial charge in [-0.15, -0.1) is 0 Å². The van der Waals surface area contributed by atoms with Crippen LogP contribution in [0, 0.1) is 0 Å². The van der Waals surface area contributed by atoms with E-state index in [1.165, 1.54) is 19.4 Å². The number of nitrogens with zero attached hydrogens (tertiary/aromatic N) is 4. The van der Waals surface area contributed by atoms with Gasteiger partial charge in [-0.3, -0.25) is 0 Å². The molecular formula is C12H20N4O. The summed E-state index contributed by atoms with van der Waals surface area (Å²) in [6.45, 7) is 2.13.